The average Bonchev–Trinajstić information content (AvgIpc) is 2.65. The number of aliphatic imine (C=N–C) groups is 1. The molecule has 1 fully saturated rings. The normalized spacial score (nSPS) is 15.9. The Morgan fingerprint density at radius 3 is 2.58 bits per heavy atom. The van der Waals surface area contributed by atoms with Gasteiger partial charge in [-0.1, -0.05) is 11.6 Å². The highest BCUT2D eigenvalue weighted by Gasteiger charge is 2.21. The third-order valence-corrected chi connectivity index (χ3v) is 4.66. The predicted molar refractivity (Wildman–Crippen MR) is 106 cm³/mol. The first-order chi connectivity index (χ1) is 12.6. The molecule has 1 N–H and O–H groups in total. The van der Waals surface area contributed by atoms with E-state index in [4.69, 9.17) is 25.8 Å². The van der Waals surface area contributed by atoms with E-state index in [1.54, 1.807) is 7.11 Å². The van der Waals surface area contributed by atoms with E-state index in [1.165, 1.54) is 0 Å². The number of guanidine groups is 1. The smallest absolute Gasteiger partial charge is 0.193 e. The summed E-state index contributed by atoms with van der Waals surface area (Å²) in [7, 11) is 3.43. The van der Waals surface area contributed by atoms with Crippen LogP contribution in [0.5, 0.6) is 11.5 Å². The van der Waals surface area contributed by atoms with E-state index in [-0.39, 0.29) is 0 Å². The SMILES string of the molecule is CCOc1c(Cl)cc(CNC(=NC)N2CCC(OCC)CC2)cc1OC. The molecule has 0 aliphatic carbocycles. The minimum Gasteiger partial charge on any atom is -0.493 e. The molecule has 0 aromatic heterocycles. The molecular weight excluding hydrogens is 354 g/mol. The van der Waals surface area contributed by atoms with Gasteiger partial charge in [-0.25, -0.2) is 0 Å². The number of nitrogens with zero attached hydrogens (tertiary/aromatic N) is 2. The zero-order chi connectivity index (χ0) is 18.9. The van der Waals surface area contributed by atoms with Crippen molar-refractivity contribution in [3.8, 4) is 11.5 Å². The first-order valence-corrected chi connectivity index (χ1v) is 9.57. The van der Waals surface area contributed by atoms with Gasteiger partial charge in [0, 0.05) is 33.3 Å². The van der Waals surface area contributed by atoms with Crippen LogP contribution in [0.3, 0.4) is 0 Å². The first kappa shape index (κ1) is 20.6. The van der Waals surface area contributed by atoms with Crippen molar-refractivity contribution >= 4 is 17.6 Å². The molecule has 1 saturated heterocycles. The monoisotopic (exact) mass is 383 g/mol. The molecule has 0 spiro atoms. The van der Waals surface area contributed by atoms with Gasteiger partial charge in [0.15, 0.2) is 17.5 Å². The van der Waals surface area contributed by atoms with Crippen LogP contribution in [0.2, 0.25) is 5.02 Å². The van der Waals surface area contributed by atoms with Crippen LogP contribution in [0.15, 0.2) is 17.1 Å². The molecule has 146 valence electrons. The molecule has 0 atom stereocenters. The fourth-order valence-corrected chi connectivity index (χ4v) is 3.43. The fourth-order valence-electron chi connectivity index (χ4n) is 3.14. The third-order valence-electron chi connectivity index (χ3n) is 4.38. The Bertz CT molecular complexity index is 602. The van der Waals surface area contributed by atoms with Crippen molar-refractivity contribution in [1.29, 1.82) is 0 Å². The largest absolute Gasteiger partial charge is 0.493 e. The summed E-state index contributed by atoms with van der Waals surface area (Å²) in [6, 6.07) is 3.84. The second kappa shape index (κ2) is 10.5. The van der Waals surface area contributed by atoms with E-state index >= 15 is 0 Å². The molecular formula is C19H30ClN3O3. The number of benzene rings is 1. The van der Waals surface area contributed by atoms with E-state index in [0.717, 1.165) is 44.1 Å². The molecule has 1 aliphatic heterocycles. The predicted octanol–water partition coefficient (Wildman–Crippen LogP) is 3.32. The quantitative estimate of drug-likeness (QED) is 0.578. The van der Waals surface area contributed by atoms with Gasteiger partial charge in [0.2, 0.25) is 0 Å². The summed E-state index contributed by atoms with van der Waals surface area (Å²) in [5.41, 5.74) is 1.01. The lowest BCUT2D eigenvalue weighted by atomic mass is 10.1. The Morgan fingerprint density at radius 2 is 2.00 bits per heavy atom. The summed E-state index contributed by atoms with van der Waals surface area (Å²) in [6.07, 6.45) is 2.41. The first-order valence-electron chi connectivity index (χ1n) is 9.19. The Morgan fingerprint density at radius 1 is 1.27 bits per heavy atom. The Kier molecular flexibility index (Phi) is 8.32. The standard InChI is InChI=1S/C19H30ClN3O3/c1-5-25-15-7-9-23(10-8-15)19(21-3)22-13-14-11-16(20)18(26-6-2)17(12-14)24-4/h11-12,15H,5-10,13H2,1-4H3,(H,21,22). The zero-order valence-corrected chi connectivity index (χ0v) is 16.9. The second-order valence-corrected chi connectivity index (χ2v) is 6.49. The minimum atomic E-state index is 0.364. The number of likely N-dealkylation sites (tertiary alicyclic amines) is 1. The summed E-state index contributed by atoms with van der Waals surface area (Å²) < 4.78 is 16.7. The lowest BCUT2D eigenvalue weighted by molar-refractivity contribution is 0.0263. The van der Waals surface area contributed by atoms with E-state index < -0.39 is 0 Å². The average molecular weight is 384 g/mol. The molecule has 1 aromatic carbocycles. The van der Waals surface area contributed by atoms with Crippen molar-refractivity contribution in [2.45, 2.75) is 39.3 Å². The van der Waals surface area contributed by atoms with Gasteiger partial charge in [-0.2, -0.15) is 0 Å². The lowest BCUT2D eigenvalue weighted by Gasteiger charge is -2.34. The number of methoxy groups -OCH3 is 1. The van der Waals surface area contributed by atoms with Crippen LogP contribution in [-0.4, -0.2) is 57.4 Å². The van der Waals surface area contributed by atoms with Crippen molar-refractivity contribution in [2.24, 2.45) is 4.99 Å². The van der Waals surface area contributed by atoms with Crippen LogP contribution in [0.1, 0.15) is 32.3 Å². The Labute approximate surface area is 161 Å². The third kappa shape index (κ3) is 5.42. The maximum absolute atomic E-state index is 6.35. The minimum absolute atomic E-state index is 0.364. The van der Waals surface area contributed by atoms with Gasteiger partial charge in [-0.3, -0.25) is 4.99 Å². The van der Waals surface area contributed by atoms with Crippen molar-refractivity contribution in [1.82, 2.24) is 10.2 Å². The Balaban J connectivity index is 1.97. The highest BCUT2D eigenvalue weighted by Crippen LogP contribution is 2.36. The molecule has 6 nitrogen and oxygen atoms in total. The van der Waals surface area contributed by atoms with E-state index in [1.807, 2.05) is 33.0 Å². The highest BCUT2D eigenvalue weighted by atomic mass is 35.5. The Hall–Kier alpha value is -1.66. The maximum Gasteiger partial charge on any atom is 0.193 e. The van der Waals surface area contributed by atoms with E-state index in [9.17, 15) is 0 Å². The van der Waals surface area contributed by atoms with Gasteiger partial charge in [0.05, 0.1) is 24.8 Å². The number of hydrogen-bond donors (Lipinski definition) is 1. The molecule has 0 bridgehead atoms. The number of ether oxygens (including phenoxy) is 3. The summed E-state index contributed by atoms with van der Waals surface area (Å²) in [6.45, 7) is 7.78. The van der Waals surface area contributed by atoms with Gasteiger partial charge in [0.1, 0.15) is 0 Å². The van der Waals surface area contributed by atoms with Crippen molar-refractivity contribution < 1.29 is 14.2 Å². The second-order valence-electron chi connectivity index (χ2n) is 6.08. The molecule has 1 aliphatic rings. The summed E-state index contributed by atoms with van der Waals surface area (Å²) >= 11 is 6.35. The number of piperidine rings is 1. The van der Waals surface area contributed by atoms with Crippen LogP contribution in [0.4, 0.5) is 0 Å². The highest BCUT2D eigenvalue weighted by molar-refractivity contribution is 6.32. The number of halogens is 1. The molecule has 0 unspecified atom stereocenters. The molecule has 1 aromatic rings. The molecule has 2 rings (SSSR count). The molecule has 1 heterocycles. The number of rotatable bonds is 7. The molecule has 26 heavy (non-hydrogen) atoms. The number of nitrogens with one attached hydrogen (secondary N) is 1. The van der Waals surface area contributed by atoms with Gasteiger partial charge in [-0.05, 0) is 44.4 Å². The summed E-state index contributed by atoms with van der Waals surface area (Å²) in [4.78, 5) is 6.68. The van der Waals surface area contributed by atoms with Crippen LogP contribution < -0.4 is 14.8 Å². The van der Waals surface area contributed by atoms with Crippen molar-refractivity contribution in [3.63, 3.8) is 0 Å². The molecule has 0 saturated carbocycles. The summed E-state index contributed by atoms with van der Waals surface area (Å²) in [5.74, 6) is 2.12. The van der Waals surface area contributed by atoms with Gasteiger partial charge in [-0.15, -0.1) is 0 Å². The number of hydrogen-bond acceptors (Lipinski definition) is 4. The van der Waals surface area contributed by atoms with Crippen molar-refractivity contribution in [3.05, 3.63) is 22.7 Å². The van der Waals surface area contributed by atoms with Gasteiger partial charge in [0.25, 0.3) is 0 Å². The van der Waals surface area contributed by atoms with E-state index in [0.29, 0.717) is 35.8 Å². The van der Waals surface area contributed by atoms with Gasteiger partial charge < -0.3 is 24.4 Å². The van der Waals surface area contributed by atoms with Crippen LogP contribution in [0, 0.1) is 0 Å². The molecule has 0 radical (unpaired) electrons. The van der Waals surface area contributed by atoms with Crippen LogP contribution >= 0.6 is 11.6 Å². The summed E-state index contributed by atoms with van der Waals surface area (Å²) in [5, 5.41) is 3.96. The topological polar surface area (TPSA) is 55.3 Å². The van der Waals surface area contributed by atoms with Crippen LogP contribution in [-0.2, 0) is 11.3 Å². The zero-order valence-electron chi connectivity index (χ0n) is 16.2. The van der Waals surface area contributed by atoms with Crippen molar-refractivity contribution in [2.75, 3.05) is 40.5 Å². The lowest BCUT2D eigenvalue weighted by Crippen LogP contribution is -2.46. The fraction of sp³-hybridized carbons (Fsp3) is 0.632. The van der Waals surface area contributed by atoms with E-state index in [2.05, 4.69) is 15.2 Å². The molecule has 0 amide bonds. The maximum atomic E-state index is 6.35. The van der Waals surface area contributed by atoms with Gasteiger partial charge >= 0.3 is 0 Å². The van der Waals surface area contributed by atoms with Crippen LogP contribution in [0.25, 0.3) is 0 Å². The molecule has 7 heteroatoms.